The van der Waals surface area contributed by atoms with Crippen molar-refractivity contribution in [3.05, 3.63) is 53.8 Å². The van der Waals surface area contributed by atoms with Gasteiger partial charge in [-0.15, -0.1) is 0 Å². The minimum Gasteiger partial charge on any atom is -0.490 e. The summed E-state index contributed by atoms with van der Waals surface area (Å²) in [6, 6.07) is 10.1. The van der Waals surface area contributed by atoms with Gasteiger partial charge in [-0.05, 0) is 44.2 Å². The zero-order valence-corrected chi connectivity index (χ0v) is 17.8. The molecule has 7 nitrogen and oxygen atoms in total. The Morgan fingerprint density at radius 2 is 1.74 bits per heavy atom. The summed E-state index contributed by atoms with van der Waals surface area (Å²) in [7, 11) is 1.26. The molecule has 1 saturated heterocycles. The quantitative estimate of drug-likeness (QED) is 0.596. The number of amides is 1. The highest BCUT2D eigenvalue weighted by Gasteiger charge is 2.42. The number of carbonyl (C=O) groups excluding carboxylic acids is 2. The number of nitrogens with zero attached hydrogens (tertiary/aromatic N) is 1. The predicted octanol–water partition coefficient (Wildman–Crippen LogP) is 3.46. The SMILES string of the molecule is CCOc1ccc(C(=O)N2CC(Oc3ccccc3F)CC2C(=O)OC)cc1OCC. The average molecular weight is 431 g/mol. The van der Waals surface area contributed by atoms with Crippen LogP contribution in [-0.2, 0) is 9.53 Å². The lowest BCUT2D eigenvalue weighted by atomic mass is 10.1. The van der Waals surface area contributed by atoms with Crippen LogP contribution >= 0.6 is 0 Å². The Kier molecular flexibility index (Phi) is 7.33. The molecule has 1 aliphatic heterocycles. The van der Waals surface area contributed by atoms with Crippen molar-refractivity contribution in [2.24, 2.45) is 0 Å². The molecular formula is C23H26FNO6. The van der Waals surface area contributed by atoms with Gasteiger partial charge < -0.3 is 23.8 Å². The Bertz CT molecular complexity index is 934. The van der Waals surface area contributed by atoms with Crippen LogP contribution in [0.1, 0.15) is 30.6 Å². The first kappa shape index (κ1) is 22.4. The fraction of sp³-hybridized carbons (Fsp3) is 0.391. The van der Waals surface area contributed by atoms with Crippen molar-refractivity contribution < 1.29 is 32.9 Å². The number of rotatable bonds is 8. The van der Waals surface area contributed by atoms with Crippen molar-refractivity contribution >= 4 is 11.9 Å². The summed E-state index contributed by atoms with van der Waals surface area (Å²) >= 11 is 0. The molecule has 2 aromatic rings. The maximum Gasteiger partial charge on any atom is 0.328 e. The van der Waals surface area contributed by atoms with Gasteiger partial charge in [0, 0.05) is 12.0 Å². The van der Waals surface area contributed by atoms with Crippen LogP contribution in [0.5, 0.6) is 17.2 Å². The molecule has 0 bridgehead atoms. The predicted molar refractivity (Wildman–Crippen MR) is 111 cm³/mol. The van der Waals surface area contributed by atoms with Gasteiger partial charge in [-0.1, -0.05) is 12.1 Å². The van der Waals surface area contributed by atoms with E-state index in [0.717, 1.165) is 0 Å². The van der Waals surface area contributed by atoms with Crippen LogP contribution in [0.2, 0.25) is 0 Å². The lowest BCUT2D eigenvalue weighted by Gasteiger charge is -2.23. The van der Waals surface area contributed by atoms with E-state index in [2.05, 4.69) is 0 Å². The molecule has 2 aromatic carbocycles. The fourth-order valence-electron chi connectivity index (χ4n) is 3.54. The van der Waals surface area contributed by atoms with Gasteiger partial charge in [0.1, 0.15) is 12.1 Å². The normalized spacial score (nSPS) is 17.9. The van der Waals surface area contributed by atoms with Gasteiger partial charge in [-0.25, -0.2) is 9.18 Å². The highest BCUT2D eigenvalue weighted by Crippen LogP contribution is 2.31. The van der Waals surface area contributed by atoms with Gasteiger partial charge in [0.15, 0.2) is 23.1 Å². The highest BCUT2D eigenvalue weighted by atomic mass is 19.1. The number of benzene rings is 2. The molecule has 2 atom stereocenters. The molecule has 2 unspecified atom stereocenters. The van der Waals surface area contributed by atoms with Crippen molar-refractivity contribution in [2.45, 2.75) is 32.4 Å². The smallest absolute Gasteiger partial charge is 0.328 e. The van der Waals surface area contributed by atoms with Crippen LogP contribution in [0.15, 0.2) is 42.5 Å². The second-order valence-corrected chi connectivity index (χ2v) is 6.93. The topological polar surface area (TPSA) is 74.3 Å². The summed E-state index contributed by atoms with van der Waals surface area (Å²) in [4.78, 5) is 27.0. The number of carbonyl (C=O) groups is 2. The Morgan fingerprint density at radius 1 is 1.03 bits per heavy atom. The van der Waals surface area contributed by atoms with E-state index in [4.69, 9.17) is 18.9 Å². The maximum absolute atomic E-state index is 14.0. The molecule has 1 fully saturated rings. The molecule has 0 N–H and O–H groups in total. The average Bonchev–Trinajstić information content (AvgIpc) is 3.19. The molecule has 31 heavy (non-hydrogen) atoms. The standard InChI is InChI=1S/C23H26FNO6/c1-4-29-20-11-10-15(12-21(20)30-5-2)22(26)25-14-16(13-18(25)23(27)28-3)31-19-9-7-6-8-17(19)24/h6-12,16,18H,4-5,13-14H2,1-3H3. The molecule has 8 heteroatoms. The number of hydrogen-bond donors (Lipinski definition) is 0. The second-order valence-electron chi connectivity index (χ2n) is 6.93. The molecule has 0 saturated carbocycles. The number of hydrogen-bond acceptors (Lipinski definition) is 6. The molecule has 0 aromatic heterocycles. The van der Waals surface area contributed by atoms with Crippen LogP contribution in [-0.4, -0.2) is 55.8 Å². The molecule has 0 aliphatic carbocycles. The third-order valence-corrected chi connectivity index (χ3v) is 4.92. The molecule has 1 heterocycles. The van der Waals surface area contributed by atoms with Crippen molar-refractivity contribution in [1.82, 2.24) is 4.90 Å². The first-order valence-electron chi connectivity index (χ1n) is 10.2. The molecule has 0 radical (unpaired) electrons. The third kappa shape index (κ3) is 5.07. The zero-order valence-electron chi connectivity index (χ0n) is 17.8. The van der Waals surface area contributed by atoms with E-state index in [9.17, 15) is 14.0 Å². The summed E-state index contributed by atoms with van der Waals surface area (Å²) in [5, 5.41) is 0. The second kappa shape index (κ2) is 10.1. The van der Waals surface area contributed by atoms with Gasteiger partial charge in [-0.2, -0.15) is 0 Å². The van der Waals surface area contributed by atoms with Gasteiger partial charge in [0.25, 0.3) is 5.91 Å². The van der Waals surface area contributed by atoms with Gasteiger partial charge in [-0.3, -0.25) is 4.79 Å². The minimum absolute atomic E-state index is 0.0742. The number of para-hydroxylation sites is 1. The van der Waals surface area contributed by atoms with Crippen LogP contribution < -0.4 is 14.2 Å². The first-order valence-corrected chi connectivity index (χ1v) is 10.2. The summed E-state index contributed by atoms with van der Waals surface area (Å²) in [5.74, 6) is -0.376. The van der Waals surface area contributed by atoms with E-state index < -0.39 is 23.9 Å². The maximum atomic E-state index is 14.0. The number of esters is 1. The van der Waals surface area contributed by atoms with E-state index in [1.165, 1.54) is 24.1 Å². The lowest BCUT2D eigenvalue weighted by molar-refractivity contribution is -0.145. The first-order chi connectivity index (χ1) is 15.0. The number of likely N-dealkylation sites (tertiary alicyclic amines) is 1. The molecule has 0 spiro atoms. The Labute approximate surface area is 180 Å². The largest absolute Gasteiger partial charge is 0.490 e. The molecule has 3 rings (SSSR count). The van der Waals surface area contributed by atoms with Gasteiger partial charge >= 0.3 is 5.97 Å². The van der Waals surface area contributed by atoms with E-state index in [-0.39, 0.29) is 24.6 Å². The Balaban J connectivity index is 1.84. The monoisotopic (exact) mass is 431 g/mol. The van der Waals surface area contributed by atoms with Crippen LogP contribution in [0, 0.1) is 5.82 Å². The summed E-state index contributed by atoms with van der Waals surface area (Å²) in [6.07, 6.45) is -0.360. The number of halogens is 1. The Hall–Kier alpha value is -3.29. The van der Waals surface area contributed by atoms with Crippen molar-refractivity contribution in [1.29, 1.82) is 0 Å². The van der Waals surface area contributed by atoms with E-state index in [1.807, 2.05) is 13.8 Å². The minimum atomic E-state index is -0.837. The van der Waals surface area contributed by atoms with E-state index in [0.29, 0.717) is 30.3 Å². The van der Waals surface area contributed by atoms with Gasteiger partial charge in [0.05, 0.1) is 26.9 Å². The molecular weight excluding hydrogens is 405 g/mol. The van der Waals surface area contributed by atoms with Crippen molar-refractivity contribution in [3.63, 3.8) is 0 Å². The summed E-state index contributed by atoms with van der Waals surface area (Å²) in [5.41, 5.74) is 0.340. The van der Waals surface area contributed by atoms with Crippen LogP contribution in [0.4, 0.5) is 4.39 Å². The zero-order chi connectivity index (χ0) is 22.4. The van der Waals surface area contributed by atoms with Crippen LogP contribution in [0.25, 0.3) is 0 Å². The highest BCUT2D eigenvalue weighted by molar-refractivity contribution is 5.97. The van der Waals surface area contributed by atoms with E-state index in [1.54, 1.807) is 30.3 Å². The van der Waals surface area contributed by atoms with Crippen LogP contribution in [0.3, 0.4) is 0 Å². The number of ether oxygens (including phenoxy) is 4. The fourth-order valence-corrected chi connectivity index (χ4v) is 3.54. The summed E-state index contributed by atoms with van der Waals surface area (Å²) in [6.45, 7) is 4.67. The van der Waals surface area contributed by atoms with E-state index >= 15 is 0 Å². The van der Waals surface area contributed by atoms with Crippen molar-refractivity contribution in [2.75, 3.05) is 26.9 Å². The molecule has 1 aliphatic rings. The third-order valence-electron chi connectivity index (χ3n) is 4.92. The van der Waals surface area contributed by atoms with Gasteiger partial charge in [0.2, 0.25) is 0 Å². The number of methoxy groups -OCH3 is 1. The summed E-state index contributed by atoms with van der Waals surface area (Å²) < 4.78 is 35.7. The van der Waals surface area contributed by atoms with Crippen molar-refractivity contribution in [3.8, 4) is 17.2 Å². The lowest BCUT2D eigenvalue weighted by Crippen LogP contribution is -2.41. The molecule has 166 valence electrons. The Morgan fingerprint density at radius 3 is 2.42 bits per heavy atom. The molecule has 1 amide bonds.